The number of fused-ring (bicyclic) bond motifs is 2. The number of hydrogen-bond donors (Lipinski definition) is 0. The van der Waals surface area contributed by atoms with Crippen LogP contribution in [0.25, 0.3) is 0 Å². The van der Waals surface area contributed by atoms with E-state index < -0.39 is 48.2 Å². The summed E-state index contributed by atoms with van der Waals surface area (Å²) in [6, 6.07) is 0. The van der Waals surface area contributed by atoms with Gasteiger partial charge < -0.3 is 18.9 Å². The number of esters is 2. The van der Waals surface area contributed by atoms with E-state index in [2.05, 4.69) is 0 Å². The molecule has 18 heavy (non-hydrogen) atoms. The maximum atomic E-state index is 11.8. The summed E-state index contributed by atoms with van der Waals surface area (Å²) in [6.45, 7) is 1.96. The highest BCUT2D eigenvalue weighted by atomic mass is 16.8. The molecule has 5 atom stereocenters. The van der Waals surface area contributed by atoms with E-state index in [9.17, 15) is 14.4 Å². The quantitative estimate of drug-likeness (QED) is 0.508. The van der Waals surface area contributed by atoms with Crippen molar-refractivity contribution >= 4 is 18.1 Å². The van der Waals surface area contributed by atoms with Gasteiger partial charge in [0, 0.05) is 0 Å². The predicted molar refractivity (Wildman–Crippen MR) is 53.3 cm³/mol. The van der Waals surface area contributed by atoms with E-state index in [1.165, 1.54) is 0 Å². The molecule has 4 aliphatic rings. The van der Waals surface area contributed by atoms with Crippen molar-refractivity contribution in [2.45, 2.75) is 31.7 Å². The Kier molecular flexibility index (Phi) is 2.42. The second-order valence-electron chi connectivity index (χ2n) is 4.52. The Morgan fingerprint density at radius 3 is 2.67 bits per heavy atom. The molecular weight excluding hydrogens is 244 g/mol. The Balaban J connectivity index is 1.85. The first-order valence-electron chi connectivity index (χ1n) is 5.86. The molecule has 0 radical (unpaired) electrons. The fraction of sp³-hybridized carbons (Fsp3) is 0.727. The fourth-order valence-corrected chi connectivity index (χ4v) is 2.80. The highest BCUT2D eigenvalue weighted by molar-refractivity contribution is 5.82. The molecule has 0 N–H and O–H groups in total. The van der Waals surface area contributed by atoms with Crippen LogP contribution in [0, 0.1) is 11.8 Å². The van der Waals surface area contributed by atoms with Gasteiger partial charge in [-0.3, -0.25) is 9.59 Å². The molecule has 0 aromatic rings. The summed E-state index contributed by atoms with van der Waals surface area (Å²) < 4.78 is 20.0. The topological polar surface area (TPSA) is 88.1 Å². The lowest BCUT2D eigenvalue weighted by Gasteiger charge is -2.43. The lowest BCUT2D eigenvalue weighted by molar-refractivity contribution is -0.206. The zero-order valence-electron chi connectivity index (χ0n) is 9.66. The van der Waals surface area contributed by atoms with Crippen molar-refractivity contribution in [1.82, 2.24) is 0 Å². The second-order valence-corrected chi connectivity index (χ2v) is 4.52. The smallest absolute Gasteiger partial charge is 0.466 e. The van der Waals surface area contributed by atoms with Gasteiger partial charge in [0.05, 0.1) is 18.4 Å². The largest absolute Gasteiger partial charge is 0.509 e. The number of carbonyl (C=O) groups is 3. The van der Waals surface area contributed by atoms with Crippen LogP contribution in [0.3, 0.4) is 0 Å². The maximum absolute atomic E-state index is 11.8. The van der Waals surface area contributed by atoms with Gasteiger partial charge in [-0.15, -0.1) is 0 Å². The standard InChI is InChI=1S/C11H12O7/c1-2-15-9(12)4-3-5-7-8(18-11(14)17-7)6(4)16-10(5)13/h4-8H,2-3H2,1H3/t4-,5+,6-,7+,8-/m0/s1. The van der Waals surface area contributed by atoms with Gasteiger partial charge in [0.1, 0.15) is 0 Å². The third-order valence-corrected chi connectivity index (χ3v) is 3.56. The molecule has 1 saturated carbocycles. The van der Waals surface area contributed by atoms with E-state index in [0.29, 0.717) is 0 Å². The third-order valence-electron chi connectivity index (χ3n) is 3.56. The van der Waals surface area contributed by atoms with Gasteiger partial charge in [-0.1, -0.05) is 0 Å². The molecule has 98 valence electrons. The van der Waals surface area contributed by atoms with Crippen LogP contribution < -0.4 is 0 Å². The van der Waals surface area contributed by atoms with Gasteiger partial charge >= 0.3 is 18.1 Å². The zero-order valence-corrected chi connectivity index (χ0v) is 9.66. The van der Waals surface area contributed by atoms with E-state index in [1.54, 1.807) is 6.92 Å². The lowest BCUT2D eigenvalue weighted by atomic mass is 9.73. The molecule has 3 saturated heterocycles. The van der Waals surface area contributed by atoms with Gasteiger partial charge in [0.25, 0.3) is 0 Å². The van der Waals surface area contributed by atoms with Crippen LogP contribution in [0.1, 0.15) is 13.3 Å². The Labute approximate surface area is 102 Å². The lowest BCUT2D eigenvalue weighted by Crippen LogP contribution is -2.61. The zero-order chi connectivity index (χ0) is 12.9. The first-order chi connectivity index (χ1) is 8.61. The third kappa shape index (κ3) is 1.46. The van der Waals surface area contributed by atoms with Crippen molar-refractivity contribution in [3.05, 3.63) is 0 Å². The second kappa shape index (κ2) is 3.86. The molecule has 4 fully saturated rings. The van der Waals surface area contributed by atoms with Crippen molar-refractivity contribution in [3.63, 3.8) is 0 Å². The molecular formula is C11H12O7. The molecule has 0 aromatic carbocycles. The summed E-state index contributed by atoms with van der Waals surface area (Å²) in [5, 5.41) is 0. The predicted octanol–water partition coefficient (Wildman–Crippen LogP) is 0.0150. The Bertz CT molecular complexity index is 418. The van der Waals surface area contributed by atoms with Gasteiger partial charge in [-0.25, -0.2) is 4.79 Å². The van der Waals surface area contributed by atoms with Crippen molar-refractivity contribution in [3.8, 4) is 0 Å². The molecule has 0 aromatic heterocycles. The van der Waals surface area contributed by atoms with Crippen molar-refractivity contribution < 1.29 is 33.3 Å². The summed E-state index contributed by atoms with van der Waals surface area (Å²) >= 11 is 0. The van der Waals surface area contributed by atoms with Crippen molar-refractivity contribution in [1.29, 1.82) is 0 Å². The number of rotatable bonds is 2. The fourth-order valence-electron chi connectivity index (χ4n) is 2.80. The number of carbonyl (C=O) groups excluding carboxylic acids is 3. The molecule has 7 heteroatoms. The van der Waals surface area contributed by atoms with Crippen molar-refractivity contribution in [2.24, 2.45) is 11.8 Å². The van der Waals surface area contributed by atoms with E-state index in [1.807, 2.05) is 0 Å². The molecule has 0 unspecified atom stereocenters. The van der Waals surface area contributed by atoms with Crippen LogP contribution in [-0.4, -0.2) is 43.0 Å². The summed E-state index contributed by atoms with van der Waals surface area (Å²) in [4.78, 5) is 34.5. The monoisotopic (exact) mass is 256 g/mol. The van der Waals surface area contributed by atoms with Gasteiger partial charge in [0.2, 0.25) is 0 Å². The number of ether oxygens (including phenoxy) is 4. The summed E-state index contributed by atoms with van der Waals surface area (Å²) in [6.07, 6.45) is -2.65. The summed E-state index contributed by atoms with van der Waals surface area (Å²) in [7, 11) is 0. The molecule has 7 nitrogen and oxygen atoms in total. The first-order valence-corrected chi connectivity index (χ1v) is 5.86. The minimum absolute atomic E-state index is 0.255. The Morgan fingerprint density at radius 1 is 1.22 bits per heavy atom. The van der Waals surface area contributed by atoms with E-state index in [4.69, 9.17) is 18.9 Å². The van der Waals surface area contributed by atoms with E-state index >= 15 is 0 Å². The molecule has 2 bridgehead atoms. The molecule has 0 spiro atoms. The van der Waals surface area contributed by atoms with Crippen LogP contribution >= 0.6 is 0 Å². The van der Waals surface area contributed by atoms with Gasteiger partial charge in [0.15, 0.2) is 18.3 Å². The van der Waals surface area contributed by atoms with Crippen LogP contribution in [0.2, 0.25) is 0 Å². The van der Waals surface area contributed by atoms with Crippen LogP contribution in [-0.2, 0) is 28.5 Å². The average molecular weight is 256 g/mol. The van der Waals surface area contributed by atoms with Crippen molar-refractivity contribution in [2.75, 3.05) is 6.61 Å². The Hall–Kier alpha value is -1.79. The highest BCUT2D eigenvalue weighted by Crippen LogP contribution is 2.44. The van der Waals surface area contributed by atoms with Crippen LogP contribution in [0.4, 0.5) is 4.79 Å². The molecule has 3 aliphatic heterocycles. The number of hydrogen-bond acceptors (Lipinski definition) is 7. The average Bonchev–Trinajstić information content (AvgIpc) is 2.72. The Morgan fingerprint density at radius 2 is 1.94 bits per heavy atom. The molecule has 4 rings (SSSR count). The highest BCUT2D eigenvalue weighted by Gasteiger charge is 2.63. The van der Waals surface area contributed by atoms with Gasteiger partial charge in [-0.2, -0.15) is 0 Å². The maximum Gasteiger partial charge on any atom is 0.509 e. The summed E-state index contributed by atoms with van der Waals surface area (Å²) in [5.74, 6) is -2.09. The SMILES string of the molecule is CCOC(=O)[C@H]1C[C@H]2C(=O)O[C@@H]1[C@@H]1OC(=O)O[C@@H]12. The van der Waals surface area contributed by atoms with E-state index in [0.717, 1.165) is 0 Å². The van der Waals surface area contributed by atoms with E-state index in [-0.39, 0.29) is 13.0 Å². The van der Waals surface area contributed by atoms with Gasteiger partial charge in [-0.05, 0) is 13.3 Å². The molecule has 1 aliphatic carbocycles. The minimum atomic E-state index is -0.817. The first kappa shape index (κ1) is 11.3. The summed E-state index contributed by atoms with van der Waals surface area (Å²) in [5.41, 5.74) is 0. The minimum Gasteiger partial charge on any atom is -0.466 e. The van der Waals surface area contributed by atoms with Crippen LogP contribution in [0.5, 0.6) is 0 Å². The normalized spacial score (nSPS) is 40.6. The molecule has 3 heterocycles. The van der Waals surface area contributed by atoms with Crippen LogP contribution in [0.15, 0.2) is 0 Å². The molecule has 0 amide bonds.